The van der Waals surface area contributed by atoms with Crippen LogP contribution >= 0.6 is 0 Å². The van der Waals surface area contributed by atoms with Crippen LogP contribution in [0.4, 0.5) is 0 Å². The van der Waals surface area contributed by atoms with Gasteiger partial charge in [0.1, 0.15) is 5.41 Å². The molecule has 0 spiro atoms. The molecule has 0 amide bonds. The van der Waals surface area contributed by atoms with Crippen LogP contribution in [-0.2, 0) is 22.0 Å². The zero-order valence-electron chi connectivity index (χ0n) is 9.56. The largest absolute Gasteiger partial charge is 0.481 e. The summed E-state index contributed by atoms with van der Waals surface area (Å²) < 4.78 is 6.94. The van der Waals surface area contributed by atoms with Crippen LogP contribution in [0.25, 0.3) is 0 Å². The predicted molar refractivity (Wildman–Crippen MR) is 57.3 cm³/mol. The van der Waals surface area contributed by atoms with E-state index < -0.39 is 11.4 Å². The lowest BCUT2D eigenvalue weighted by Gasteiger charge is -2.33. The lowest BCUT2D eigenvalue weighted by Crippen LogP contribution is -2.43. The van der Waals surface area contributed by atoms with Crippen molar-refractivity contribution in [1.29, 1.82) is 0 Å². The number of hydrogen-bond acceptors (Lipinski definition) is 3. The van der Waals surface area contributed by atoms with Crippen LogP contribution < -0.4 is 0 Å². The molecular weight excluding hydrogens is 208 g/mol. The van der Waals surface area contributed by atoms with E-state index in [2.05, 4.69) is 5.10 Å². The molecule has 0 bridgehead atoms. The second kappa shape index (κ2) is 3.90. The summed E-state index contributed by atoms with van der Waals surface area (Å²) in [5.41, 5.74) is 0.920. The first-order valence-electron chi connectivity index (χ1n) is 5.38. The Morgan fingerprint density at radius 2 is 2.19 bits per heavy atom. The lowest BCUT2D eigenvalue weighted by atomic mass is 9.76. The monoisotopic (exact) mass is 224 g/mol. The van der Waals surface area contributed by atoms with Gasteiger partial charge >= 0.3 is 5.97 Å². The third-order valence-corrected chi connectivity index (χ3v) is 3.33. The first-order valence-corrected chi connectivity index (χ1v) is 5.38. The van der Waals surface area contributed by atoms with Gasteiger partial charge in [0.2, 0.25) is 0 Å². The van der Waals surface area contributed by atoms with Gasteiger partial charge in [0, 0.05) is 20.3 Å². The molecule has 16 heavy (non-hydrogen) atoms. The van der Waals surface area contributed by atoms with Crippen molar-refractivity contribution in [2.24, 2.45) is 7.05 Å². The summed E-state index contributed by atoms with van der Waals surface area (Å²) in [4.78, 5) is 11.6. The fourth-order valence-corrected chi connectivity index (χ4v) is 2.51. The summed E-state index contributed by atoms with van der Waals surface area (Å²) in [5, 5.41) is 13.6. The van der Waals surface area contributed by atoms with E-state index in [0.29, 0.717) is 26.1 Å². The van der Waals surface area contributed by atoms with Gasteiger partial charge in [-0.05, 0) is 25.3 Å². The maximum Gasteiger partial charge on any atom is 0.315 e. The van der Waals surface area contributed by atoms with E-state index >= 15 is 0 Å². The number of aryl methyl sites for hydroxylation is 2. The topological polar surface area (TPSA) is 64.4 Å². The third kappa shape index (κ3) is 1.51. The average Bonchev–Trinajstić information content (AvgIpc) is 2.60. The molecule has 5 nitrogen and oxygen atoms in total. The Morgan fingerprint density at radius 1 is 1.56 bits per heavy atom. The Bertz CT molecular complexity index is 386. The SMILES string of the molecule is Cc1cnn(C)c1C1(C(=O)O)CCOCC1. The van der Waals surface area contributed by atoms with Gasteiger partial charge in [0.15, 0.2) is 0 Å². The van der Waals surface area contributed by atoms with Crippen LogP contribution in [0, 0.1) is 6.92 Å². The minimum atomic E-state index is -0.826. The molecular formula is C11H16N2O3. The number of hydrogen-bond donors (Lipinski definition) is 1. The highest BCUT2D eigenvalue weighted by molar-refractivity contribution is 5.81. The first-order chi connectivity index (χ1) is 7.58. The quantitative estimate of drug-likeness (QED) is 0.809. The molecule has 1 saturated heterocycles. The van der Waals surface area contributed by atoms with E-state index in [1.807, 2.05) is 6.92 Å². The number of ether oxygens (including phenoxy) is 1. The van der Waals surface area contributed by atoms with Crippen molar-refractivity contribution in [3.8, 4) is 0 Å². The number of aliphatic carboxylic acids is 1. The van der Waals surface area contributed by atoms with Crippen molar-refractivity contribution in [2.45, 2.75) is 25.2 Å². The van der Waals surface area contributed by atoms with Crippen molar-refractivity contribution in [3.63, 3.8) is 0 Å². The Hall–Kier alpha value is -1.36. The molecule has 0 aliphatic carbocycles. The number of aromatic nitrogens is 2. The molecule has 1 aromatic heterocycles. The van der Waals surface area contributed by atoms with E-state index in [4.69, 9.17) is 4.74 Å². The minimum absolute atomic E-state index is 0.497. The second-order valence-electron chi connectivity index (χ2n) is 4.30. The van der Waals surface area contributed by atoms with E-state index in [-0.39, 0.29) is 0 Å². The smallest absolute Gasteiger partial charge is 0.315 e. The number of nitrogens with zero attached hydrogens (tertiary/aromatic N) is 2. The third-order valence-electron chi connectivity index (χ3n) is 3.33. The van der Waals surface area contributed by atoms with Crippen molar-refractivity contribution in [2.75, 3.05) is 13.2 Å². The molecule has 1 aliphatic heterocycles. The summed E-state index contributed by atoms with van der Waals surface area (Å²) in [6, 6.07) is 0. The molecule has 1 aliphatic rings. The normalized spacial score (nSPS) is 19.6. The van der Waals surface area contributed by atoms with E-state index in [1.54, 1.807) is 17.9 Å². The van der Waals surface area contributed by atoms with Crippen LogP contribution in [0.2, 0.25) is 0 Å². The average molecular weight is 224 g/mol. The Morgan fingerprint density at radius 3 is 2.62 bits per heavy atom. The van der Waals surface area contributed by atoms with Crippen molar-refractivity contribution in [3.05, 3.63) is 17.5 Å². The maximum absolute atomic E-state index is 11.6. The maximum atomic E-state index is 11.6. The molecule has 0 saturated carbocycles. The van der Waals surface area contributed by atoms with Crippen LogP contribution in [0.5, 0.6) is 0 Å². The van der Waals surface area contributed by atoms with E-state index in [0.717, 1.165) is 11.3 Å². The summed E-state index contributed by atoms with van der Waals surface area (Å²) in [5.74, 6) is -0.775. The summed E-state index contributed by atoms with van der Waals surface area (Å²) in [6.07, 6.45) is 2.75. The van der Waals surface area contributed by atoms with Crippen molar-refractivity contribution < 1.29 is 14.6 Å². The van der Waals surface area contributed by atoms with Crippen LogP contribution in [0.15, 0.2) is 6.20 Å². The fourth-order valence-electron chi connectivity index (χ4n) is 2.51. The number of carboxylic acids is 1. The molecule has 5 heteroatoms. The number of rotatable bonds is 2. The molecule has 1 fully saturated rings. The van der Waals surface area contributed by atoms with Crippen molar-refractivity contribution in [1.82, 2.24) is 9.78 Å². The zero-order chi connectivity index (χ0) is 11.8. The number of carbonyl (C=O) groups is 1. The van der Waals surface area contributed by atoms with Gasteiger partial charge in [0.05, 0.1) is 11.9 Å². The Balaban J connectivity index is 2.51. The molecule has 2 rings (SSSR count). The molecule has 2 heterocycles. The van der Waals surface area contributed by atoms with E-state index in [1.165, 1.54) is 0 Å². The predicted octanol–water partition coefficient (Wildman–Crippen LogP) is 0.861. The standard InChI is InChI=1S/C11H16N2O3/c1-8-7-12-13(2)9(8)11(10(14)15)3-5-16-6-4-11/h7H,3-6H2,1-2H3,(H,14,15). The van der Waals surface area contributed by atoms with Gasteiger partial charge in [-0.15, -0.1) is 0 Å². The first kappa shape index (κ1) is 11.1. The highest BCUT2D eigenvalue weighted by Crippen LogP contribution is 2.36. The Kier molecular flexibility index (Phi) is 2.71. The highest BCUT2D eigenvalue weighted by atomic mass is 16.5. The summed E-state index contributed by atoms with van der Waals surface area (Å²) in [6.45, 7) is 2.90. The summed E-state index contributed by atoms with van der Waals surface area (Å²) >= 11 is 0. The highest BCUT2D eigenvalue weighted by Gasteiger charge is 2.45. The van der Waals surface area contributed by atoms with Crippen LogP contribution in [0.3, 0.4) is 0 Å². The zero-order valence-corrected chi connectivity index (χ0v) is 9.56. The van der Waals surface area contributed by atoms with Gasteiger partial charge in [-0.2, -0.15) is 5.10 Å². The van der Waals surface area contributed by atoms with E-state index in [9.17, 15) is 9.90 Å². The van der Waals surface area contributed by atoms with Gasteiger partial charge in [0.25, 0.3) is 0 Å². The lowest BCUT2D eigenvalue weighted by molar-refractivity contribution is -0.148. The summed E-state index contributed by atoms with van der Waals surface area (Å²) in [7, 11) is 1.79. The number of carboxylic acid groups (broad SMARTS) is 1. The van der Waals surface area contributed by atoms with Crippen LogP contribution in [0.1, 0.15) is 24.1 Å². The van der Waals surface area contributed by atoms with Crippen molar-refractivity contribution >= 4 is 5.97 Å². The van der Waals surface area contributed by atoms with Gasteiger partial charge < -0.3 is 9.84 Å². The molecule has 0 aromatic carbocycles. The van der Waals surface area contributed by atoms with Gasteiger partial charge in [-0.3, -0.25) is 9.48 Å². The van der Waals surface area contributed by atoms with Gasteiger partial charge in [-0.25, -0.2) is 0 Å². The fraction of sp³-hybridized carbons (Fsp3) is 0.636. The molecule has 0 unspecified atom stereocenters. The molecule has 88 valence electrons. The molecule has 1 N–H and O–H groups in total. The van der Waals surface area contributed by atoms with Crippen LogP contribution in [-0.4, -0.2) is 34.1 Å². The molecule has 1 aromatic rings. The molecule has 0 atom stereocenters. The Labute approximate surface area is 94.0 Å². The molecule has 0 radical (unpaired) electrons. The minimum Gasteiger partial charge on any atom is -0.481 e. The second-order valence-corrected chi connectivity index (χ2v) is 4.30. The van der Waals surface area contributed by atoms with Gasteiger partial charge in [-0.1, -0.05) is 0 Å².